The average molecular weight is 206 g/mol. The van der Waals surface area contributed by atoms with Crippen molar-refractivity contribution in [2.75, 3.05) is 25.1 Å². The van der Waals surface area contributed by atoms with Gasteiger partial charge in [0, 0.05) is 6.54 Å². The van der Waals surface area contributed by atoms with Crippen LogP contribution in [0.4, 0.5) is 0 Å². The third kappa shape index (κ3) is 8.08. The molecule has 0 fully saturated rings. The summed E-state index contributed by atoms with van der Waals surface area (Å²) in [5, 5.41) is 11.5. The molecule has 4 nitrogen and oxygen atoms in total. The zero-order chi connectivity index (χ0) is 10.1. The van der Waals surface area contributed by atoms with Crippen LogP contribution in [-0.2, 0) is 4.79 Å². The fourth-order valence-corrected chi connectivity index (χ4v) is 1.33. The molecule has 1 unspecified atom stereocenters. The highest BCUT2D eigenvalue weighted by atomic mass is 32.2. The molecule has 1 atom stereocenters. The van der Waals surface area contributed by atoms with Crippen LogP contribution >= 0.6 is 11.8 Å². The lowest BCUT2D eigenvalue weighted by Gasteiger charge is -2.07. The average Bonchev–Trinajstić information content (AvgIpc) is 2.10. The summed E-state index contributed by atoms with van der Waals surface area (Å²) in [6.45, 7) is 1.20. The van der Waals surface area contributed by atoms with E-state index in [1.807, 2.05) is 11.8 Å². The number of hydrogen-bond donors (Lipinski definition) is 3. The summed E-state index contributed by atoms with van der Waals surface area (Å²) in [5.41, 5.74) is 5.29. The van der Waals surface area contributed by atoms with Gasteiger partial charge in [-0.05, 0) is 31.4 Å². The quantitative estimate of drug-likeness (QED) is 0.492. The molecule has 0 aliphatic carbocycles. The van der Waals surface area contributed by atoms with Crippen molar-refractivity contribution in [3.63, 3.8) is 0 Å². The van der Waals surface area contributed by atoms with Crippen LogP contribution in [0.15, 0.2) is 0 Å². The zero-order valence-corrected chi connectivity index (χ0v) is 8.77. The summed E-state index contributed by atoms with van der Waals surface area (Å²) in [4.78, 5) is 10.3. The molecule has 0 amide bonds. The first-order valence-corrected chi connectivity index (χ1v) is 5.76. The van der Waals surface area contributed by atoms with E-state index in [1.54, 1.807) is 0 Å². The van der Waals surface area contributed by atoms with Crippen LogP contribution in [-0.4, -0.2) is 42.2 Å². The fraction of sp³-hybridized carbons (Fsp3) is 0.875. The van der Waals surface area contributed by atoms with Crippen molar-refractivity contribution in [1.29, 1.82) is 0 Å². The first-order valence-electron chi connectivity index (χ1n) is 4.36. The first-order chi connectivity index (χ1) is 6.18. The molecular weight excluding hydrogens is 188 g/mol. The fourth-order valence-electron chi connectivity index (χ4n) is 0.841. The van der Waals surface area contributed by atoms with E-state index in [9.17, 15) is 4.79 Å². The molecule has 0 aromatic heterocycles. The first kappa shape index (κ1) is 12.7. The minimum atomic E-state index is -0.948. The molecule has 4 N–H and O–H groups in total. The second-order valence-corrected chi connectivity index (χ2v) is 3.83. The molecule has 0 aliphatic rings. The van der Waals surface area contributed by atoms with E-state index in [4.69, 9.17) is 10.8 Å². The number of hydrogen-bond acceptors (Lipinski definition) is 4. The van der Waals surface area contributed by atoms with E-state index in [0.717, 1.165) is 25.1 Å². The molecule has 0 aromatic rings. The van der Waals surface area contributed by atoms with Crippen molar-refractivity contribution in [2.24, 2.45) is 5.73 Å². The third-order valence-corrected chi connectivity index (χ3v) is 2.33. The molecular formula is C8H18N2O2S. The summed E-state index contributed by atoms with van der Waals surface area (Å²) in [7, 11) is 0. The Hall–Kier alpha value is -0.260. The Morgan fingerprint density at radius 3 is 2.85 bits per heavy atom. The van der Waals surface area contributed by atoms with Crippen molar-refractivity contribution in [1.82, 2.24) is 5.32 Å². The standard InChI is InChI=1S/C8H18N2O2S/c1-13-5-3-2-4-10-6-7(9)8(11)12/h7,10H,2-6,9H2,1H3,(H,11,12). The Kier molecular flexibility index (Phi) is 8.18. The summed E-state index contributed by atoms with van der Waals surface area (Å²) >= 11 is 1.82. The van der Waals surface area contributed by atoms with Gasteiger partial charge in [-0.25, -0.2) is 0 Å². The number of carboxylic acids is 1. The maximum atomic E-state index is 10.3. The van der Waals surface area contributed by atoms with E-state index in [1.165, 1.54) is 0 Å². The largest absolute Gasteiger partial charge is 0.480 e. The van der Waals surface area contributed by atoms with Gasteiger partial charge in [-0.15, -0.1) is 0 Å². The van der Waals surface area contributed by atoms with E-state index in [0.29, 0.717) is 6.54 Å². The topological polar surface area (TPSA) is 75.3 Å². The Balaban J connectivity index is 3.11. The number of nitrogens with one attached hydrogen (secondary N) is 1. The highest BCUT2D eigenvalue weighted by Gasteiger charge is 2.09. The molecule has 5 heteroatoms. The predicted octanol–water partition coefficient (Wildman–Crippen LogP) is 0.131. The van der Waals surface area contributed by atoms with Gasteiger partial charge in [-0.3, -0.25) is 4.79 Å². The molecule has 0 bridgehead atoms. The van der Waals surface area contributed by atoms with Crippen LogP contribution in [0.3, 0.4) is 0 Å². The Bertz CT molecular complexity index is 144. The molecule has 78 valence electrons. The second kappa shape index (κ2) is 8.34. The van der Waals surface area contributed by atoms with Gasteiger partial charge in [0.05, 0.1) is 0 Å². The van der Waals surface area contributed by atoms with Gasteiger partial charge in [0.2, 0.25) is 0 Å². The minimum Gasteiger partial charge on any atom is -0.480 e. The van der Waals surface area contributed by atoms with Crippen LogP contribution in [0.25, 0.3) is 0 Å². The molecule has 0 spiro atoms. The monoisotopic (exact) mass is 206 g/mol. The van der Waals surface area contributed by atoms with Gasteiger partial charge in [-0.2, -0.15) is 11.8 Å². The molecule has 0 rings (SSSR count). The number of thioether (sulfide) groups is 1. The number of nitrogens with two attached hydrogens (primary N) is 1. The smallest absolute Gasteiger partial charge is 0.321 e. The maximum absolute atomic E-state index is 10.3. The van der Waals surface area contributed by atoms with Gasteiger partial charge in [0.1, 0.15) is 6.04 Å². The van der Waals surface area contributed by atoms with Crippen molar-refractivity contribution < 1.29 is 9.90 Å². The molecule has 0 saturated carbocycles. The normalized spacial score (nSPS) is 12.8. The van der Waals surface area contributed by atoms with Crippen LogP contribution < -0.4 is 11.1 Å². The SMILES string of the molecule is CSCCCCNCC(N)C(=O)O. The Morgan fingerprint density at radius 2 is 2.31 bits per heavy atom. The highest BCUT2D eigenvalue weighted by molar-refractivity contribution is 7.98. The van der Waals surface area contributed by atoms with Gasteiger partial charge in [0.25, 0.3) is 0 Å². The summed E-state index contributed by atoms with van der Waals surface area (Å²) < 4.78 is 0. The van der Waals surface area contributed by atoms with Gasteiger partial charge in [0.15, 0.2) is 0 Å². The number of aliphatic carboxylic acids is 1. The second-order valence-electron chi connectivity index (χ2n) is 2.85. The molecule has 0 radical (unpaired) electrons. The molecule has 0 saturated heterocycles. The summed E-state index contributed by atoms with van der Waals surface area (Å²) in [6, 6.07) is -0.777. The summed E-state index contributed by atoms with van der Waals surface area (Å²) in [6.07, 6.45) is 4.32. The lowest BCUT2D eigenvalue weighted by molar-refractivity contribution is -0.138. The lowest BCUT2D eigenvalue weighted by atomic mass is 10.3. The predicted molar refractivity (Wildman–Crippen MR) is 56.1 cm³/mol. The van der Waals surface area contributed by atoms with Crippen LogP contribution in [0.1, 0.15) is 12.8 Å². The van der Waals surface area contributed by atoms with E-state index < -0.39 is 12.0 Å². The Morgan fingerprint density at radius 1 is 1.62 bits per heavy atom. The molecule has 0 heterocycles. The number of carboxylic acid groups (broad SMARTS) is 1. The molecule has 0 aromatic carbocycles. The Labute approximate surface area is 83.3 Å². The highest BCUT2D eigenvalue weighted by Crippen LogP contribution is 1.97. The zero-order valence-electron chi connectivity index (χ0n) is 7.95. The van der Waals surface area contributed by atoms with Crippen molar-refractivity contribution >= 4 is 17.7 Å². The van der Waals surface area contributed by atoms with E-state index >= 15 is 0 Å². The van der Waals surface area contributed by atoms with Gasteiger partial charge >= 0.3 is 5.97 Å². The van der Waals surface area contributed by atoms with Crippen LogP contribution in [0.5, 0.6) is 0 Å². The van der Waals surface area contributed by atoms with Crippen molar-refractivity contribution in [3.8, 4) is 0 Å². The van der Waals surface area contributed by atoms with Crippen LogP contribution in [0.2, 0.25) is 0 Å². The van der Waals surface area contributed by atoms with Crippen LogP contribution in [0, 0.1) is 0 Å². The third-order valence-electron chi connectivity index (χ3n) is 1.63. The number of rotatable bonds is 8. The van der Waals surface area contributed by atoms with Crippen molar-refractivity contribution in [3.05, 3.63) is 0 Å². The minimum absolute atomic E-state index is 0.356. The molecule has 13 heavy (non-hydrogen) atoms. The lowest BCUT2D eigenvalue weighted by Crippen LogP contribution is -2.40. The maximum Gasteiger partial charge on any atom is 0.321 e. The van der Waals surface area contributed by atoms with Gasteiger partial charge in [-0.1, -0.05) is 0 Å². The van der Waals surface area contributed by atoms with Crippen molar-refractivity contribution in [2.45, 2.75) is 18.9 Å². The van der Waals surface area contributed by atoms with E-state index in [-0.39, 0.29) is 0 Å². The molecule has 0 aliphatic heterocycles. The van der Waals surface area contributed by atoms with E-state index in [2.05, 4.69) is 11.6 Å². The summed E-state index contributed by atoms with van der Waals surface area (Å²) in [5.74, 6) is 0.212. The number of carbonyl (C=O) groups is 1. The van der Waals surface area contributed by atoms with Gasteiger partial charge < -0.3 is 16.2 Å². The number of unbranched alkanes of at least 4 members (excludes halogenated alkanes) is 1.